The zero-order chi connectivity index (χ0) is 15.3. The van der Waals surface area contributed by atoms with Gasteiger partial charge in [-0.25, -0.2) is 0 Å². The number of hydrogen-bond acceptors (Lipinski definition) is 1. The van der Waals surface area contributed by atoms with E-state index in [-0.39, 0.29) is 20.4 Å². The van der Waals surface area contributed by atoms with Crippen LogP contribution >= 0.6 is 0 Å². The van der Waals surface area contributed by atoms with Gasteiger partial charge in [0.2, 0.25) is 0 Å². The molecule has 2 aromatic carbocycles. The van der Waals surface area contributed by atoms with Crippen molar-refractivity contribution in [3.63, 3.8) is 0 Å². The molecule has 3 heteroatoms. The molecule has 0 amide bonds. The topological polar surface area (TPSA) is 3.24 Å². The minimum atomic E-state index is -1.53. The molecule has 1 nitrogen and oxygen atoms in total. The molecule has 1 fully saturated rings. The summed E-state index contributed by atoms with van der Waals surface area (Å²) in [5.41, 5.74) is 2.97. The summed E-state index contributed by atoms with van der Waals surface area (Å²) in [7, 11) is -1.53. The SMILES string of the molecule is c1c[te]c(N2c3ccccc3[Si]3(CCCC3)c3ccccc32)c1. The van der Waals surface area contributed by atoms with Crippen LogP contribution in [0.15, 0.2) is 64.7 Å². The van der Waals surface area contributed by atoms with Gasteiger partial charge in [-0.15, -0.1) is 0 Å². The third-order valence-corrected chi connectivity index (χ3v) is 13.3. The van der Waals surface area contributed by atoms with E-state index in [0.29, 0.717) is 0 Å². The Morgan fingerprint density at radius 1 is 0.739 bits per heavy atom. The first-order valence-electron chi connectivity index (χ1n) is 8.43. The third-order valence-electron chi connectivity index (χ3n) is 5.50. The molecule has 1 spiro atoms. The summed E-state index contributed by atoms with van der Waals surface area (Å²) in [6.07, 6.45) is 2.82. The van der Waals surface area contributed by atoms with Crippen LogP contribution in [0.3, 0.4) is 0 Å². The van der Waals surface area contributed by atoms with Crippen LogP contribution in [-0.2, 0) is 0 Å². The van der Waals surface area contributed by atoms with Crippen LogP contribution in [0, 0.1) is 0 Å². The van der Waals surface area contributed by atoms with E-state index in [4.69, 9.17) is 0 Å². The van der Waals surface area contributed by atoms with Gasteiger partial charge in [0.05, 0.1) is 0 Å². The second-order valence-electron chi connectivity index (χ2n) is 6.61. The molecule has 1 saturated heterocycles. The number of fused-ring (bicyclic) bond motifs is 4. The van der Waals surface area contributed by atoms with Crippen LogP contribution in [0.4, 0.5) is 15.1 Å². The third kappa shape index (κ3) is 1.97. The molecule has 0 N–H and O–H groups in total. The van der Waals surface area contributed by atoms with E-state index in [0.717, 1.165) is 0 Å². The summed E-state index contributed by atoms with van der Waals surface area (Å²) in [6, 6.07) is 26.0. The Bertz CT molecular complexity index is 800. The van der Waals surface area contributed by atoms with Crippen molar-refractivity contribution in [1.82, 2.24) is 0 Å². The van der Waals surface area contributed by atoms with Crippen molar-refractivity contribution in [1.29, 1.82) is 0 Å². The van der Waals surface area contributed by atoms with Crippen molar-refractivity contribution in [2.75, 3.05) is 4.90 Å². The monoisotopic (exact) mass is 431 g/mol. The van der Waals surface area contributed by atoms with Crippen molar-refractivity contribution in [2.24, 2.45) is 0 Å². The molecule has 114 valence electrons. The van der Waals surface area contributed by atoms with Crippen molar-refractivity contribution in [3.8, 4) is 0 Å². The molecule has 2 aliphatic heterocycles. The molecular formula is C20H19NSiTe. The van der Waals surface area contributed by atoms with Gasteiger partial charge in [0.1, 0.15) is 0 Å². The normalized spacial score (nSPS) is 18.0. The molecule has 0 unspecified atom stereocenters. The van der Waals surface area contributed by atoms with E-state index < -0.39 is 8.07 Å². The standard InChI is InChI=1S/C20H19NSiTe/c1-3-10-18-16(8-1)21(20-12-7-15-23-20)17-9-2-4-11-19(17)22(18)13-5-6-14-22/h1-4,7-12,15H,5-6,13-14H2. The molecule has 3 aromatic rings. The number of anilines is 3. The Hall–Kier alpha value is -1.27. The summed E-state index contributed by atoms with van der Waals surface area (Å²) in [5, 5.41) is 3.38. The Morgan fingerprint density at radius 3 is 1.91 bits per heavy atom. The molecule has 0 saturated carbocycles. The second kappa shape index (κ2) is 5.38. The predicted molar refractivity (Wildman–Crippen MR) is 102 cm³/mol. The Morgan fingerprint density at radius 2 is 1.35 bits per heavy atom. The molecule has 0 bridgehead atoms. The van der Waals surface area contributed by atoms with E-state index >= 15 is 0 Å². The van der Waals surface area contributed by atoms with Gasteiger partial charge < -0.3 is 0 Å². The van der Waals surface area contributed by atoms with Crippen LogP contribution in [0.1, 0.15) is 12.8 Å². The van der Waals surface area contributed by atoms with Crippen molar-refractivity contribution in [2.45, 2.75) is 24.9 Å². The Labute approximate surface area is 148 Å². The number of nitrogens with zero attached hydrogens (tertiary/aromatic N) is 1. The maximum absolute atomic E-state index is 2.59. The van der Waals surface area contributed by atoms with E-state index in [1.165, 1.54) is 40.0 Å². The van der Waals surface area contributed by atoms with Crippen LogP contribution in [-0.4, -0.2) is 28.5 Å². The molecule has 0 radical (unpaired) electrons. The van der Waals surface area contributed by atoms with Gasteiger partial charge in [-0.1, -0.05) is 0 Å². The number of para-hydroxylation sites is 2. The van der Waals surface area contributed by atoms with E-state index in [9.17, 15) is 0 Å². The van der Waals surface area contributed by atoms with E-state index in [2.05, 4.69) is 69.6 Å². The van der Waals surface area contributed by atoms with Gasteiger partial charge in [0.25, 0.3) is 0 Å². The average Bonchev–Trinajstić information content (AvgIpc) is 3.28. The van der Waals surface area contributed by atoms with Crippen LogP contribution in [0.25, 0.3) is 0 Å². The zero-order valence-corrected chi connectivity index (χ0v) is 16.4. The molecule has 0 atom stereocenters. The molecule has 3 heterocycles. The number of rotatable bonds is 1. The van der Waals surface area contributed by atoms with E-state index in [1.54, 1.807) is 10.4 Å². The molecular weight excluding hydrogens is 410 g/mol. The fraction of sp³-hybridized carbons (Fsp3) is 0.200. The zero-order valence-electron chi connectivity index (χ0n) is 13.0. The second-order valence-corrected chi connectivity index (χ2v) is 13.5. The number of hydrogen-bond donors (Lipinski definition) is 0. The molecule has 2 aliphatic rings. The Kier molecular flexibility index (Phi) is 3.30. The van der Waals surface area contributed by atoms with Gasteiger partial charge in [0, 0.05) is 0 Å². The van der Waals surface area contributed by atoms with Gasteiger partial charge >= 0.3 is 149 Å². The first-order valence-corrected chi connectivity index (χ1v) is 13.4. The summed E-state index contributed by atoms with van der Waals surface area (Å²) in [5.74, 6) is 0. The molecule has 0 aliphatic carbocycles. The summed E-state index contributed by atoms with van der Waals surface area (Å²) >= 11 is -0.194. The average molecular weight is 429 g/mol. The van der Waals surface area contributed by atoms with Gasteiger partial charge in [-0.3, -0.25) is 0 Å². The maximum atomic E-state index is 2.59. The summed E-state index contributed by atoms with van der Waals surface area (Å²) < 4.78 is 3.93. The minimum absolute atomic E-state index is 0.194. The Balaban J connectivity index is 1.85. The number of benzene rings is 2. The fourth-order valence-corrected chi connectivity index (χ4v) is 12.3. The quantitative estimate of drug-likeness (QED) is 0.531. The van der Waals surface area contributed by atoms with E-state index in [1.807, 2.05) is 0 Å². The van der Waals surface area contributed by atoms with Gasteiger partial charge in [-0.2, -0.15) is 0 Å². The van der Waals surface area contributed by atoms with Crippen molar-refractivity contribution >= 4 is 54.0 Å². The van der Waals surface area contributed by atoms with Crippen LogP contribution < -0.4 is 15.3 Å². The first kappa shape index (κ1) is 14.1. The van der Waals surface area contributed by atoms with Gasteiger partial charge in [0.15, 0.2) is 0 Å². The predicted octanol–water partition coefficient (Wildman–Crippen LogP) is 3.88. The van der Waals surface area contributed by atoms with Gasteiger partial charge in [-0.05, 0) is 0 Å². The van der Waals surface area contributed by atoms with Crippen molar-refractivity contribution < 1.29 is 0 Å². The molecule has 23 heavy (non-hydrogen) atoms. The summed E-state index contributed by atoms with van der Waals surface area (Å²) in [6.45, 7) is 0. The summed E-state index contributed by atoms with van der Waals surface area (Å²) in [4.78, 5) is 2.59. The molecule has 1 aromatic heterocycles. The first-order chi connectivity index (χ1) is 11.4. The molecule has 5 rings (SSSR count). The van der Waals surface area contributed by atoms with Crippen LogP contribution in [0.2, 0.25) is 12.1 Å². The van der Waals surface area contributed by atoms with Crippen LogP contribution in [0.5, 0.6) is 0 Å². The van der Waals surface area contributed by atoms with Crippen molar-refractivity contribution in [3.05, 3.63) is 64.7 Å². The fourth-order valence-electron chi connectivity index (χ4n) is 4.57.